The van der Waals surface area contributed by atoms with Crippen molar-refractivity contribution in [3.8, 4) is 0 Å². The first kappa shape index (κ1) is 10.7. The van der Waals surface area contributed by atoms with E-state index in [1.807, 2.05) is 0 Å². The van der Waals surface area contributed by atoms with Crippen molar-refractivity contribution in [2.45, 2.75) is 25.7 Å². The lowest BCUT2D eigenvalue weighted by molar-refractivity contribution is -0.125. The molecule has 4 nitrogen and oxygen atoms in total. The summed E-state index contributed by atoms with van der Waals surface area (Å²) < 4.78 is 0. The molecule has 0 bridgehead atoms. The quantitative estimate of drug-likeness (QED) is 0.576. The molecule has 2 rings (SSSR count). The number of imide groups is 1. The molecule has 0 aliphatic carbocycles. The molecule has 1 aromatic carbocycles. The molecule has 0 spiro atoms. The summed E-state index contributed by atoms with van der Waals surface area (Å²) in [6.45, 7) is 0. The van der Waals surface area contributed by atoms with Crippen LogP contribution in [0.4, 0.5) is 11.4 Å². The number of nitrogens with two attached hydrogens (primary N) is 1. The first-order valence-corrected chi connectivity index (χ1v) is 5.40. The van der Waals surface area contributed by atoms with Crippen molar-refractivity contribution in [1.29, 1.82) is 0 Å². The fourth-order valence-electron chi connectivity index (χ4n) is 1.83. The van der Waals surface area contributed by atoms with Gasteiger partial charge in [-0.1, -0.05) is 0 Å². The summed E-state index contributed by atoms with van der Waals surface area (Å²) in [4.78, 5) is 24.8. The first-order valence-electron chi connectivity index (χ1n) is 5.40. The second-order valence-electron chi connectivity index (χ2n) is 3.92. The van der Waals surface area contributed by atoms with Crippen LogP contribution >= 0.6 is 0 Å². The van der Waals surface area contributed by atoms with E-state index >= 15 is 0 Å². The number of carbonyl (C=O) groups excluding carboxylic acids is 2. The van der Waals surface area contributed by atoms with Crippen LogP contribution < -0.4 is 10.6 Å². The number of amides is 2. The van der Waals surface area contributed by atoms with E-state index in [9.17, 15) is 9.59 Å². The zero-order valence-corrected chi connectivity index (χ0v) is 8.98. The smallest absolute Gasteiger partial charge is 0.233 e. The van der Waals surface area contributed by atoms with E-state index in [-0.39, 0.29) is 11.8 Å². The van der Waals surface area contributed by atoms with Gasteiger partial charge in [0.15, 0.2) is 0 Å². The highest BCUT2D eigenvalue weighted by Gasteiger charge is 2.25. The zero-order valence-electron chi connectivity index (χ0n) is 8.98. The summed E-state index contributed by atoms with van der Waals surface area (Å²) in [5, 5.41) is 0. The van der Waals surface area contributed by atoms with Gasteiger partial charge < -0.3 is 5.73 Å². The molecule has 0 saturated carbocycles. The van der Waals surface area contributed by atoms with Gasteiger partial charge in [-0.05, 0) is 37.1 Å². The summed E-state index contributed by atoms with van der Waals surface area (Å²) in [5.74, 6) is -0.237. The van der Waals surface area contributed by atoms with Crippen molar-refractivity contribution in [1.82, 2.24) is 0 Å². The monoisotopic (exact) mass is 218 g/mol. The first-order chi connectivity index (χ1) is 7.68. The van der Waals surface area contributed by atoms with E-state index in [0.29, 0.717) is 24.2 Å². The van der Waals surface area contributed by atoms with E-state index in [0.717, 1.165) is 12.8 Å². The summed E-state index contributed by atoms with van der Waals surface area (Å²) in [6.07, 6.45) is 2.46. The Labute approximate surface area is 94.0 Å². The predicted octanol–water partition coefficient (Wildman–Crippen LogP) is 1.70. The maximum atomic E-state index is 11.8. The minimum atomic E-state index is -0.118. The fraction of sp³-hybridized carbons (Fsp3) is 0.333. The Kier molecular flexibility index (Phi) is 2.90. The Morgan fingerprint density at radius 2 is 1.44 bits per heavy atom. The molecule has 1 aliphatic rings. The van der Waals surface area contributed by atoms with Crippen LogP contribution in [0.3, 0.4) is 0 Å². The molecule has 1 aliphatic heterocycles. The van der Waals surface area contributed by atoms with Crippen molar-refractivity contribution in [3.63, 3.8) is 0 Å². The van der Waals surface area contributed by atoms with Gasteiger partial charge in [0.25, 0.3) is 0 Å². The molecule has 16 heavy (non-hydrogen) atoms. The van der Waals surface area contributed by atoms with Crippen LogP contribution in [0.5, 0.6) is 0 Å². The van der Waals surface area contributed by atoms with Crippen LogP contribution in [0.15, 0.2) is 24.3 Å². The lowest BCUT2D eigenvalue weighted by atomic mass is 10.2. The Balaban J connectivity index is 2.32. The Bertz CT molecular complexity index is 394. The number of hydrogen-bond acceptors (Lipinski definition) is 3. The van der Waals surface area contributed by atoms with Crippen LogP contribution in [0.1, 0.15) is 25.7 Å². The highest BCUT2D eigenvalue weighted by atomic mass is 16.2. The van der Waals surface area contributed by atoms with Crippen molar-refractivity contribution in [3.05, 3.63) is 24.3 Å². The fourth-order valence-corrected chi connectivity index (χ4v) is 1.83. The lowest BCUT2D eigenvalue weighted by Gasteiger charge is -2.18. The Morgan fingerprint density at radius 3 is 1.94 bits per heavy atom. The van der Waals surface area contributed by atoms with Crippen molar-refractivity contribution < 1.29 is 9.59 Å². The van der Waals surface area contributed by atoms with Gasteiger partial charge in [0.2, 0.25) is 11.8 Å². The van der Waals surface area contributed by atoms with Gasteiger partial charge in [-0.2, -0.15) is 0 Å². The molecule has 1 aromatic rings. The Morgan fingerprint density at radius 1 is 0.938 bits per heavy atom. The molecular formula is C12H14N2O2. The van der Waals surface area contributed by atoms with E-state index in [2.05, 4.69) is 0 Å². The molecule has 1 fully saturated rings. The van der Waals surface area contributed by atoms with Gasteiger partial charge in [0.05, 0.1) is 5.69 Å². The molecule has 0 radical (unpaired) electrons. The number of anilines is 2. The molecule has 0 aromatic heterocycles. The normalized spacial score (nSPS) is 17.4. The number of nitrogens with zero attached hydrogens (tertiary/aromatic N) is 1. The standard InChI is InChI=1S/C12H14N2O2/c13-9-5-7-10(8-6-9)14-11(15)3-1-2-4-12(14)16/h5-8H,1-4,13H2. The maximum absolute atomic E-state index is 11.8. The van der Waals surface area contributed by atoms with Crippen LogP contribution in [0.2, 0.25) is 0 Å². The topological polar surface area (TPSA) is 63.4 Å². The van der Waals surface area contributed by atoms with Gasteiger partial charge in [0.1, 0.15) is 0 Å². The SMILES string of the molecule is Nc1ccc(N2C(=O)CCCCC2=O)cc1. The van der Waals surface area contributed by atoms with Crippen LogP contribution in [0, 0.1) is 0 Å². The minimum Gasteiger partial charge on any atom is -0.399 e. The van der Waals surface area contributed by atoms with E-state index in [1.54, 1.807) is 24.3 Å². The van der Waals surface area contributed by atoms with E-state index in [4.69, 9.17) is 5.73 Å². The number of benzene rings is 1. The highest BCUT2D eigenvalue weighted by Crippen LogP contribution is 2.22. The third-order valence-electron chi connectivity index (χ3n) is 2.68. The molecule has 1 saturated heterocycles. The lowest BCUT2D eigenvalue weighted by Crippen LogP contribution is -2.34. The molecule has 84 valence electrons. The number of hydrogen-bond donors (Lipinski definition) is 1. The van der Waals surface area contributed by atoms with Gasteiger partial charge in [0, 0.05) is 18.5 Å². The average molecular weight is 218 g/mol. The van der Waals surface area contributed by atoms with Gasteiger partial charge >= 0.3 is 0 Å². The highest BCUT2D eigenvalue weighted by molar-refractivity contribution is 6.15. The summed E-state index contributed by atoms with van der Waals surface area (Å²) >= 11 is 0. The van der Waals surface area contributed by atoms with Crippen molar-refractivity contribution in [2.24, 2.45) is 0 Å². The van der Waals surface area contributed by atoms with Crippen molar-refractivity contribution in [2.75, 3.05) is 10.6 Å². The maximum Gasteiger partial charge on any atom is 0.233 e. The number of carbonyl (C=O) groups is 2. The third-order valence-corrected chi connectivity index (χ3v) is 2.68. The van der Waals surface area contributed by atoms with Gasteiger partial charge in [-0.3, -0.25) is 14.5 Å². The molecule has 2 N–H and O–H groups in total. The average Bonchev–Trinajstić information content (AvgIpc) is 2.42. The minimum absolute atomic E-state index is 0.118. The molecule has 4 heteroatoms. The van der Waals surface area contributed by atoms with Crippen LogP contribution in [-0.4, -0.2) is 11.8 Å². The zero-order chi connectivity index (χ0) is 11.5. The largest absolute Gasteiger partial charge is 0.399 e. The molecule has 1 heterocycles. The molecule has 0 unspecified atom stereocenters. The van der Waals surface area contributed by atoms with E-state index < -0.39 is 0 Å². The molecule has 2 amide bonds. The van der Waals surface area contributed by atoms with Crippen molar-refractivity contribution >= 4 is 23.2 Å². The summed E-state index contributed by atoms with van der Waals surface area (Å²) in [5.41, 5.74) is 6.81. The second kappa shape index (κ2) is 4.35. The number of rotatable bonds is 1. The molecular weight excluding hydrogens is 204 g/mol. The summed E-state index contributed by atoms with van der Waals surface area (Å²) in [6, 6.07) is 6.80. The number of nitrogen functional groups attached to an aromatic ring is 1. The summed E-state index contributed by atoms with van der Waals surface area (Å²) in [7, 11) is 0. The third kappa shape index (κ3) is 2.05. The van der Waals surface area contributed by atoms with E-state index in [1.165, 1.54) is 4.90 Å². The predicted molar refractivity (Wildman–Crippen MR) is 61.8 cm³/mol. The second-order valence-corrected chi connectivity index (χ2v) is 3.92. The van der Waals surface area contributed by atoms with Crippen LogP contribution in [-0.2, 0) is 9.59 Å². The molecule has 0 atom stereocenters. The van der Waals surface area contributed by atoms with Crippen LogP contribution in [0.25, 0.3) is 0 Å². The van der Waals surface area contributed by atoms with Gasteiger partial charge in [-0.25, -0.2) is 0 Å². The Hall–Kier alpha value is -1.84. The van der Waals surface area contributed by atoms with Gasteiger partial charge in [-0.15, -0.1) is 0 Å².